The lowest BCUT2D eigenvalue weighted by atomic mass is 9.89. The Kier molecular flexibility index (Phi) is 3.36. The number of hydrogen-bond donors (Lipinski definition) is 2. The monoisotopic (exact) mass is 208 g/mol. The summed E-state index contributed by atoms with van der Waals surface area (Å²) < 4.78 is 5.45. The van der Waals surface area contributed by atoms with Gasteiger partial charge in [0.1, 0.15) is 0 Å². The molecule has 1 heterocycles. The summed E-state index contributed by atoms with van der Waals surface area (Å²) in [5, 5.41) is 18.9. The van der Waals surface area contributed by atoms with E-state index in [0.717, 1.165) is 5.56 Å². The van der Waals surface area contributed by atoms with E-state index >= 15 is 0 Å². The molecule has 0 amide bonds. The standard InChI is InChI=1S/C12H16O3/c13-7-10-6-12(14)11(8-15-10)9-4-2-1-3-5-9/h1-5,10-14H,6-8H2/t10-,11-,12?/m0/s1. The number of aliphatic hydroxyl groups excluding tert-OH is 2. The van der Waals surface area contributed by atoms with Crippen LogP contribution in [0.2, 0.25) is 0 Å². The molecule has 3 nitrogen and oxygen atoms in total. The maximum atomic E-state index is 9.93. The highest BCUT2D eigenvalue weighted by Crippen LogP contribution is 2.28. The van der Waals surface area contributed by atoms with E-state index in [9.17, 15) is 5.11 Å². The second-order valence-electron chi connectivity index (χ2n) is 3.96. The van der Waals surface area contributed by atoms with Gasteiger partial charge in [0, 0.05) is 12.3 Å². The Morgan fingerprint density at radius 3 is 2.60 bits per heavy atom. The van der Waals surface area contributed by atoms with Gasteiger partial charge >= 0.3 is 0 Å². The van der Waals surface area contributed by atoms with Crippen LogP contribution in [0.4, 0.5) is 0 Å². The molecule has 15 heavy (non-hydrogen) atoms. The maximum Gasteiger partial charge on any atom is 0.0830 e. The van der Waals surface area contributed by atoms with Crippen molar-refractivity contribution >= 4 is 0 Å². The largest absolute Gasteiger partial charge is 0.394 e. The Morgan fingerprint density at radius 1 is 1.27 bits per heavy atom. The predicted molar refractivity (Wildman–Crippen MR) is 56.6 cm³/mol. The Labute approximate surface area is 89.3 Å². The minimum Gasteiger partial charge on any atom is -0.394 e. The van der Waals surface area contributed by atoms with Gasteiger partial charge in [-0.25, -0.2) is 0 Å². The van der Waals surface area contributed by atoms with Gasteiger partial charge in [0.15, 0.2) is 0 Å². The molecule has 0 bridgehead atoms. The van der Waals surface area contributed by atoms with Gasteiger partial charge in [-0.1, -0.05) is 30.3 Å². The van der Waals surface area contributed by atoms with Crippen molar-refractivity contribution in [3.8, 4) is 0 Å². The number of aliphatic hydroxyl groups is 2. The predicted octanol–water partition coefficient (Wildman–Crippen LogP) is 0.912. The van der Waals surface area contributed by atoms with Crippen LogP contribution in [0.15, 0.2) is 30.3 Å². The number of rotatable bonds is 2. The minimum atomic E-state index is -0.418. The summed E-state index contributed by atoms with van der Waals surface area (Å²) >= 11 is 0. The van der Waals surface area contributed by atoms with Gasteiger partial charge in [-0.15, -0.1) is 0 Å². The van der Waals surface area contributed by atoms with Crippen LogP contribution in [0, 0.1) is 0 Å². The molecule has 1 saturated heterocycles. The topological polar surface area (TPSA) is 49.7 Å². The average molecular weight is 208 g/mol. The van der Waals surface area contributed by atoms with E-state index in [1.807, 2.05) is 30.3 Å². The van der Waals surface area contributed by atoms with Crippen molar-refractivity contribution in [3.05, 3.63) is 35.9 Å². The lowest BCUT2D eigenvalue weighted by Gasteiger charge is -2.32. The zero-order valence-electron chi connectivity index (χ0n) is 8.54. The van der Waals surface area contributed by atoms with E-state index in [-0.39, 0.29) is 18.6 Å². The first-order valence-corrected chi connectivity index (χ1v) is 5.26. The van der Waals surface area contributed by atoms with Crippen LogP contribution in [0.5, 0.6) is 0 Å². The summed E-state index contributed by atoms with van der Waals surface area (Å²) in [7, 11) is 0. The third-order valence-electron chi connectivity index (χ3n) is 2.91. The molecule has 3 atom stereocenters. The lowest BCUT2D eigenvalue weighted by Crippen LogP contribution is -2.37. The van der Waals surface area contributed by atoms with E-state index < -0.39 is 6.10 Å². The van der Waals surface area contributed by atoms with Crippen LogP contribution >= 0.6 is 0 Å². The van der Waals surface area contributed by atoms with Crippen molar-refractivity contribution in [3.63, 3.8) is 0 Å². The lowest BCUT2D eigenvalue weighted by molar-refractivity contribution is -0.0777. The molecule has 2 N–H and O–H groups in total. The molecule has 1 aromatic carbocycles. The number of benzene rings is 1. The van der Waals surface area contributed by atoms with Crippen LogP contribution in [-0.2, 0) is 4.74 Å². The molecule has 1 aromatic rings. The molecule has 1 unspecified atom stereocenters. The van der Waals surface area contributed by atoms with Crippen molar-refractivity contribution in [1.29, 1.82) is 0 Å². The Hall–Kier alpha value is -0.900. The normalized spacial score (nSPS) is 31.5. The van der Waals surface area contributed by atoms with Crippen molar-refractivity contribution in [2.45, 2.75) is 24.5 Å². The zero-order chi connectivity index (χ0) is 10.7. The molecule has 0 spiro atoms. The highest BCUT2D eigenvalue weighted by atomic mass is 16.5. The fourth-order valence-corrected chi connectivity index (χ4v) is 2.00. The molecule has 2 rings (SSSR count). The summed E-state index contributed by atoms with van der Waals surface area (Å²) in [5.74, 6) is 0.0361. The van der Waals surface area contributed by atoms with Crippen LogP contribution in [0.1, 0.15) is 17.9 Å². The first-order valence-electron chi connectivity index (χ1n) is 5.26. The number of ether oxygens (including phenoxy) is 1. The molecular weight excluding hydrogens is 192 g/mol. The molecule has 0 aromatic heterocycles. The summed E-state index contributed by atoms with van der Waals surface area (Å²) in [6, 6.07) is 9.86. The SMILES string of the molecule is OC[C@@H]1CC(O)[C@H](c2ccccc2)CO1. The van der Waals surface area contributed by atoms with E-state index in [1.54, 1.807) is 0 Å². The first kappa shape index (κ1) is 10.6. The van der Waals surface area contributed by atoms with E-state index in [1.165, 1.54) is 0 Å². The molecule has 0 aliphatic carbocycles. The summed E-state index contributed by atoms with van der Waals surface area (Å²) in [4.78, 5) is 0. The summed E-state index contributed by atoms with van der Waals surface area (Å²) in [6.45, 7) is 0.467. The van der Waals surface area contributed by atoms with Crippen molar-refractivity contribution in [2.24, 2.45) is 0 Å². The van der Waals surface area contributed by atoms with Gasteiger partial charge in [0.25, 0.3) is 0 Å². The van der Waals surface area contributed by atoms with Crippen LogP contribution < -0.4 is 0 Å². The molecule has 0 radical (unpaired) electrons. The van der Waals surface area contributed by atoms with Gasteiger partial charge in [-0.05, 0) is 5.56 Å². The molecular formula is C12H16O3. The average Bonchev–Trinajstić information content (AvgIpc) is 2.30. The van der Waals surface area contributed by atoms with Gasteiger partial charge in [0.05, 0.1) is 25.4 Å². The van der Waals surface area contributed by atoms with E-state index in [0.29, 0.717) is 13.0 Å². The van der Waals surface area contributed by atoms with Crippen molar-refractivity contribution in [1.82, 2.24) is 0 Å². The minimum absolute atomic E-state index is 0.0153. The Bertz CT molecular complexity index is 299. The highest BCUT2D eigenvalue weighted by molar-refractivity contribution is 5.21. The van der Waals surface area contributed by atoms with Gasteiger partial charge in [-0.2, -0.15) is 0 Å². The van der Waals surface area contributed by atoms with Gasteiger partial charge in [-0.3, -0.25) is 0 Å². The fourth-order valence-electron chi connectivity index (χ4n) is 2.00. The zero-order valence-corrected chi connectivity index (χ0v) is 8.54. The fraction of sp³-hybridized carbons (Fsp3) is 0.500. The van der Waals surface area contributed by atoms with Gasteiger partial charge in [0.2, 0.25) is 0 Å². The highest BCUT2D eigenvalue weighted by Gasteiger charge is 2.30. The smallest absolute Gasteiger partial charge is 0.0830 e. The second-order valence-corrected chi connectivity index (χ2v) is 3.96. The molecule has 0 saturated carbocycles. The molecule has 82 valence electrons. The summed E-state index contributed by atoms with van der Waals surface area (Å²) in [5.41, 5.74) is 1.10. The Balaban J connectivity index is 2.06. The Morgan fingerprint density at radius 2 is 2.00 bits per heavy atom. The van der Waals surface area contributed by atoms with Crippen LogP contribution in [0.25, 0.3) is 0 Å². The first-order chi connectivity index (χ1) is 7.31. The molecule has 3 heteroatoms. The van der Waals surface area contributed by atoms with E-state index in [2.05, 4.69) is 0 Å². The van der Waals surface area contributed by atoms with Crippen molar-refractivity contribution in [2.75, 3.05) is 13.2 Å². The molecule has 1 aliphatic heterocycles. The van der Waals surface area contributed by atoms with Crippen LogP contribution in [-0.4, -0.2) is 35.6 Å². The second kappa shape index (κ2) is 4.75. The molecule has 1 fully saturated rings. The van der Waals surface area contributed by atoms with Gasteiger partial charge < -0.3 is 14.9 Å². The number of hydrogen-bond acceptors (Lipinski definition) is 3. The van der Waals surface area contributed by atoms with E-state index in [4.69, 9.17) is 9.84 Å². The third-order valence-corrected chi connectivity index (χ3v) is 2.91. The maximum absolute atomic E-state index is 9.93. The third kappa shape index (κ3) is 2.37. The van der Waals surface area contributed by atoms with Crippen molar-refractivity contribution < 1.29 is 14.9 Å². The quantitative estimate of drug-likeness (QED) is 0.759. The summed E-state index contributed by atoms with van der Waals surface area (Å²) in [6.07, 6.45) is -0.117. The van der Waals surface area contributed by atoms with Crippen LogP contribution in [0.3, 0.4) is 0 Å². The molecule has 1 aliphatic rings.